The number of likely N-dealkylation sites (N-methyl/N-ethyl adjacent to an activating group) is 1. The maximum Gasteiger partial charge on any atom is 0.260 e. The standard InChI is InChI=1S/C17H16ClNO3/c1-19(10-13-6-2-4-8-15(13)18)17(21)12-22-16-9-5-3-7-14(16)11-20/h2-9,11H,10,12H2,1H3. The van der Waals surface area contributed by atoms with Gasteiger partial charge >= 0.3 is 0 Å². The lowest BCUT2D eigenvalue weighted by atomic mass is 10.2. The predicted octanol–water partition coefficient (Wildman–Crippen LogP) is 3.19. The van der Waals surface area contributed by atoms with Crippen LogP contribution in [0.4, 0.5) is 0 Å². The first-order valence-corrected chi connectivity index (χ1v) is 7.14. The fraction of sp³-hybridized carbons (Fsp3) is 0.176. The third-order valence-electron chi connectivity index (χ3n) is 3.19. The van der Waals surface area contributed by atoms with Crippen LogP contribution < -0.4 is 4.74 Å². The van der Waals surface area contributed by atoms with Gasteiger partial charge < -0.3 is 9.64 Å². The molecule has 5 heteroatoms. The maximum absolute atomic E-state index is 12.1. The Balaban J connectivity index is 1.94. The van der Waals surface area contributed by atoms with Crippen LogP contribution in [0.1, 0.15) is 15.9 Å². The zero-order valence-electron chi connectivity index (χ0n) is 12.2. The Hall–Kier alpha value is -2.33. The van der Waals surface area contributed by atoms with Crippen LogP contribution in [0.15, 0.2) is 48.5 Å². The fourth-order valence-corrected chi connectivity index (χ4v) is 2.12. The van der Waals surface area contributed by atoms with Gasteiger partial charge in [0.05, 0.1) is 5.56 Å². The molecule has 22 heavy (non-hydrogen) atoms. The SMILES string of the molecule is CN(Cc1ccccc1Cl)C(=O)COc1ccccc1C=O. The summed E-state index contributed by atoms with van der Waals surface area (Å²) >= 11 is 6.08. The molecule has 0 spiro atoms. The van der Waals surface area contributed by atoms with E-state index in [1.54, 1.807) is 37.4 Å². The van der Waals surface area contributed by atoms with E-state index in [4.69, 9.17) is 16.3 Å². The topological polar surface area (TPSA) is 46.6 Å². The highest BCUT2D eigenvalue weighted by Gasteiger charge is 2.12. The van der Waals surface area contributed by atoms with E-state index in [1.165, 1.54) is 4.90 Å². The molecule has 4 nitrogen and oxygen atoms in total. The Labute approximate surface area is 134 Å². The quantitative estimate of drug-likeness (QED) is 0.769. The molecule has 2 aromatic carbocycles. The van der Waals surface area contributed by atoms with Crippen molar-refractivity contribution in [2.24, 2.45) is 0 Å². The lowest BCUT2D eigenvalue weighted by Gasteiger charge is -2.18. The smallest absolute Gasteiger partial charge is 0.260 e. The number of halogens is 1. The normalized spacial score (nSPS) is 10.1. The average molecular weight is 318 g/mol. The second-order valence-corrected chi connectivity index (χ2v) is 5.19. The highest BCUT2D eigenvalue weighted by atomic mass is 35.5. The average Bonchev–Trinajstić information content (AvgIpc) is 2.54. The number of hydrogen-bond acceptors (Lipinski definition) is 3. The number of carbonyl (C=O) groups is 2. The molecule has 0 aliphatic carbocycles. The molecule has 0 saturated carbocycles. The van der Waals surface area contributed by atoms with Gasteiger partial charge in [0.2, 0.25) is 0 Å². The number of rotatable bonds is 6. The zero-order valence-corrected chi connectivity index (χ0v) is 12.9. The molecule has 0 radical (unpaired) electrons. The van der Waals surface area contributed by atoms with Gasteiger partial charge in [0.15, 0.2) is 12.9 Å². The molecule has 114 valence electrons. The molecule has 0 aliphatic rings. The number of ether oxygens (including phenoxy) is 1. The van der Waals surface area contributed by atoms with Crippen LogP contribution in [0.3, 0.4) is 0 Å². The number of hydrogen-bond donors (Lipinski definition) is 0. The number of amides is 1. The summed E-state index contributed by atoms with van der Waals surface area (Å²) in [4.78, 5) is 24.5. The second-order valence-electron chi connectivity index (χ2n) is 4.79. The summed E-state index contributed by atoms with van der Waals surface area (Å²) in [6.07, 6.45) is 0.702. The molecule has 0 aliphatic heterocycles. The molecule has 0 heterocycles. The summed E-state index contributed by atoms with van der Waals surface area (Å²) in [6, 6.07) is 14.2. The number of para-hydroxylation sites is 1. The molecule has 0 aromatic heterocycles. The zero-order chi connectivity index (χ0) is 15.9. The first-order valence-electron chi connectivity index (χ1n) is 6.76. The van der Waals surface area contributed by atoms with E-state index < -0.39 is 0 Å². The van der Waals surface area contributed by atoms with Crippen LogP contribution >= 0.6 is 11.6 Å². The largest absolute Gasteiger partial charge is 0.483 e. The number of carbonyl (C=O) groups excluding carboxylic acids is 2. The molecular formula is C17H16ClNO3. The van der Waals surface area contributed by atoms with Crippen LogP contribution in [0.5, 0.6) is 5.75 Å². The minimum absolute atomic E-state index is 0.133. The maximum atomic E-state index is 12.1. The Bertz CT molecular complexity index is 672. The highest BCUT2D eigenvalue weighted by molar-refractivity contribution is 6.31. The summed E-state index contributed by atoms with van der Waals surface area (Å²) in [5.41, 5.74) is 1.29. The van der Waals surface area contributed by atoms with E-state index >= 15 is 0 Å². The van der Waals surface area contributed by atoms with Gasteiger partial charge in [0.25, 0.3) is 5.91 Å². The van der Waals surface area contributed by atoms with Gasteiger partial charge in [-0.25, -0.2) is 0 Å². The van der Waals surface area contributed by atoms with E-state index in [0.717, 1.165) is 5.56 Å². The molecule has 0 fully saturated rings. The summed E-state index contributed by atoms with van der Waals surface area (Å²) in [5, 5.41) is 0.620. The summed E-state index contributed by atoms with van der Waals surface area (Å²) in [6.45, 7) is 0.267. The van der Waals surface area contributed by atoms with E-state index in [9.17, 15) is 9.59 Å². The van der Waals surface area contributed by atoms with Crippen molar-refractivity contribution >= 4 is 23.8 Å². The van der Waals surface area contributed by atoms with E-state index in [2.05, 4.69) is 0 Å². The molecular weight excluding hydrogens is 302 g/mol. The Morgan fingerprint density at radius 1 is 1.18 bits per heavy atom. The van der Waals surface area contributed by atoms with Gasteiger partial charge in [0, 0.05) is 18.6 Å². The van der Waals surface area contributed by atoms with Gasteiger partial charge in [-0.05, 0) is 23.8 Å². The summed E-state index contributed by atoms with van der Waals surface area (Å²) in [7, 11) is 1.68. The van der Waals surface area contributed by atoms with Gasteiger partial charge in [-0.1, -0.05) is 41.9 Å². The summed E-state index contributed by atoms with van der Waals surface area (Å²) < 4.78 is 5.42. The molecule has 1 amide bonds. The van der Waals surface area contributed by atoms with Crippen LogP contribution in [-0.2, 0) is 11.3 Å². The fourth-order valence-electron chi connectivity index (χ4n) is 1.93. The first kappa shape index (κ1) is 16.0. The van der Waals surface area contributed by atoms with E-state index in [-0.39, 0.29) is 12.5 Å². The lowest BCUT2D eigenvalue weighted by molar-refractivity contribution is -0.132. The van der Waals surface area contributed by atoms with Crippen molar-refractivity contribution in [3.8, 4) is 5.75 Å². The van der Waals surface area contributed by atoms with Gasteiger partial charge in [-0.3, -0.25) is 9.59 Å². The molecule has 0 bridgehead atoms. The lowest BCUT2D eigenvalue weighted by Crippen LogP contribution is -2.31. The molecule has 2 aromatic rings. The Morgan fingerprint density at radius 2 is 1.86 bits per heavy atom. The second kappa shape index (κ2) is 7.61. The third-order valence-corrected chi connectivity index (χ3v) is 3.56. The highest BCUT2D eigenvalue weighted by Crippen LogP contribution is 2.18. The Morgan fingerprint density at radius 3 is 2.59 bits per heavy atom. The number of aldehydes is 1. The summed E-state index contributed by atoms with van der Waals surface area (Å²) in [5.74, 6) is 0.206. The third kappa shape index (κ3) is 4.09. The molecule has 0 unspecified atom stereocenters. The van der Waals surface area contributed by atoms with Crippen LogP contribution in [-0.4, -0.2) is 30.7 Å². The van der Waals surface area contributed by atoms with Crippen LogP contribution in [0.25, 0.3) is 0 Å². The van der Waals surface area contributed by atoms with Crippen molar-refractivity contribution in [3.05, 3.63) is 64.7 Å². The van der Waals surface area contributed by atoms with E-state index in [0.29, 0.717) is 29.2 Å². The van der Waals surface area contributed by atoms with Crippen LogP contribution in [0.2, 0.25) is 5.02 Å². The van der Waals surface area contributed by atoms with Gasteiger partial charge in [0.1, 0.15) is 5.75 Å². The van der Waals surface area contributed by atoms with Crippen molar-refractivity contribution in [1.82, 2.24) is 4.90 Å². The number of benzene rings is 2. The van der Waals surface area contributed by atoms with Crippen molar-refractivity contribution in [2.75, 3.05) is 13.7 Å². The van der Waals surface area contributed by atoms with Gasteiger partial charge in [-0.15, -0.1) is 0 Å². The van der Waals surface area contributed by atoms with Crippen molar-refractivity contribution < 1.29 is 14.3 Å². The van der Waals surface area contributed by atoms with E-state index in [1.807, 2.05) is 18.2 Å². The monoisotopic (exact) mass is 317 g/mol. The minimum Gasteiger partial charge on any atom is -0.483 e. The molecule has 0 N–H and O–H groups in total. The number of nitrogens with zero attached hydrogens (tertiary/aromatic N) is 1. The van der Waals surface area contributed by atoms with Crippen molar-refractivity contribution in [3.63, 3.8) is 0 Å². The van der Waals surface area contributed by atoms with Crippen molar-refractivity contribution in [1.29, 1.82) is 0 Å². The first-order chi connectivity index (χ1) is 10.6. The van der Waals surface area contributed by atoms with Gasteiger partial charge in [-0.2, -0.15) is 0 Å². The van der Waals surface area contributed by atoms with Crippen molar-refractivity contribution in [2.45, 2.75) is 6.54 Å². The molecule has 0 saturated heterocycles. The Kier molecular flexibility index (Phi) is 5.55. The molecule has 0 atom stereocenters. The molecule has 2 rings (SSSR count). The predicted molar refractivity (Wildman–Crippen MR) is 85.3 cm³/mol. The minimum atomic E-state index is -0.194. The van der Waals surface area contributed by atoms with Crippen LogP contribution in [0, 0.1) is 0 Å².